The van der Waals surface area contributed by atoms with Crippen molar-refractivity contribution in [2.45, 2.75) is 38.6 Å². The van der Waals surface area contributed by atoms with E-state index in [9.17, 15) is 9.18 Å². The van der Waals surface area contributed by atoms with Crippen molar-refractivity contribution < 1.29 is 13.9 Å². The van der Waals surface area contributed by atoms with Gasteiger partial charge in [0.2, 0.25) is 5.88 Å². The number of halogens is 1. The fraction of sp³-hybridized carbons (Fsp3) is 0.240. The van der Waals surface area contributed by atoms with Crippen LogP contribution in [0.15, 0.2) is 60.9 Å². The van der Waals surface area contributed by atoms with Gasteiger partial charge in [-0.1, -0.05) is 12.1 Å². The third-order valence-electron chi connectivity index (χ3n) is 5.49. The van der Waals surface area contributed by atoms with Crippen LogP contribution < -0.4 is 10.1 Å². The number of hydrogen-bond donors (Lipinski definition) is 1. The third kappa shape index (κ3) is 4.63. The number of carbonyl (C=O) groups is 1. The van der Waals surface area contributed by atoms with Crippen LogP contribution in [0.2, 0.25) is 0 Å². The Hall–Kier alpha value is -4.14. The fourth-order valence-electron chi connectivity index (χ4n) is 3.57. The number of benzene rings is 1. The van der Waals surface area contributed by atoms with Crippen LogP contribution in [-0.4, -0.2) is 30.6 Å². The molecule has 34 heavy (non-hydrogen) atoms. The van der Waals surface area contributed by atoms with Crippen LogP contribution in [0.1, 0.15) is 54.7 Å². The van der Waals surface area contributed by atoms with Gasteiger partial charge in [0.25, 0.3) is 5.91 Å². The molecule has 3 aromatic heterocycles. The van der Waals surface area contributed by atoms with E-state index in [1.54, 1.807) is 30.6 Å². The quantitative estimate of drug-likeness (QED) is 0.400. The van der Waals surface area contributed by atoms with E-state index in [0.717, 1.165) is 18.5 Å². The molecule has 0 aliphatic heterocycles. The number of rotatable bonds is 7. The van der Waals surface area contributed by atoms with Crippen molar-refractivity contribution in [2.75, 3.05) is 5.32 Å². The number of aromatic nitrogens is 5. The van der Waals surface area contributed by atoms with E-state index in [1.807, 2.05) is 30.5 Å². The van der Waals surface area contributed by atoms with Gasteiger partial charge in [-0.2, -0.15) is 0 Å². The molecule has 0 unspecified atom stereocenters. The van der Waals surface area contributed by atoms with Gasteiger partial charge in [-0.3, -0.25) is 4.79 Å². The summed E-state index contributed by atoms with van der Waals surface area (Å²) in [6, 6.07) is 14.9. The molecule has 4 aromatic rings. The Morgan fingerprint density at radius 3 is 2.74 bits per heavy atom. The van der Waals surface area contributed by atoms with E-state index in [0.29, 0.717) is 29.1 Å². The van der Waals surface area contributed by atoms with Crippen LogP contribution in [0.3, 0.4) is 0 Å². The molecule has 1 fully saturated rings. The van der Waals surface area contributed by atoms with Crippen LogP contribution in [0.5, 0.6) is 11.6 Å². The average Bonchev–Trinajstić information content (AvgIpc) is 3.56. The Morgan fingerprint density at radius 2 is 1.94 bits per heavy atom. The zero-order valence-corrected chi connectivity index (χ0v) is 18.8. The normalized spacial score (nSPS) is 13.2. The highest BCUT2D eigenvalue weighted by atomic mass is 19.1. The summed E-state index contributed by atoms with van der Waals surface area (Å²) in [6.07, 6.45) is 3.88. The molecule has 172 valence electrons. The summed E-state index contributed by atoms with van der Waals surface area (Å²) in [5, 5.41) is 10.7. The molecule has 0 bridgehead atoms. The molecule has 8 nitrogen and oxygen atoms in total. The standard InChI is InChI=1S/C25H23FN6O2/c1-15(2)32-14-27-31-24(32)21-6-3-7-22(28-21)30-25(33)18-13-17(11-12-19(18)26)34-23-8-4-5-20(29-23)16-9-10-16/h3-8,11-16H,9-10H2,1-2H3,(H,28,30,33). The van der Waals surface area contributed by atoms with Crippen molar-refractivity contribution in [1.29, 1.82) is 0 Å². The highest BCUT2D eigenvalue weighted by Gasteiger charge is 2.25. The second-order valence-electron chi connectivity index (χ2n) is 8.44. The predicted octanol–water partition coefficient (Wildman–Crippen LogP) is 5.38. The van der Waals surface area contributed by atoms with Crippen molar-refractivity contribution in [3.05, 3.63) is 78.0 Å². The first-order valence-electron chi connectivity index (χ1n) is 11.1. The number of amides is 1. The number of pyridine rings is 2. The Labute approximate surface area is 195 Å². The van der Waals surface area contributed by atoms with Gasteiger partial charge in [-0.25, -0.2) is 14.4 Å². The van der Waals surface area contributed by atoms with E-state index in [4.69, 9.17) is 4.74 Å². The summed E-state index contributed by atoms with van der Waals surface area (Å²) in [5.41, 5.74) is 1.37. The summed E-state index contributed by atoms with van der Waals surface area (Å²) >= 11 is 0. The lowest BCUT2D eigenvalue weighted by Gasteiger charge is -2.11. The molecule has 1 aliphatic rings. The third-order valence-corrected chi connectivity index (χ3v) is 5.49. The van der Waals surface area contributed by atoms with Crippen LogP contribution in [0, 0.1) is 5.82 Å². The van der Waals surface area contributed by atoms with Crippen LogP contribution in [-0.2, 0) is 0 Å². The first-order valence-corrected chi connectivity index (χ1v) is 11.1. The van der Waals surface area contributed by atoms with E-state index < -0.39 is 11.7 Å². The van der Waals surface area contributed by atoms with Gasteiger partial charge in [0.1, 0.15) is 29.4 Å². The van der Waals surface area contributed by atoms with Gasteiger partial charge in [-0.15, -0.1) is 10.2 Å². The lowest BCUT2D eigenvalue weighted by atomic mass is 10.2. The monoisotopic (exact) mass is 458 g/mol. The number of anilines is 1. The molecule has 1 saturated carbocycles. The van der Waals surface area contributed by atoms with Gasteiger partial charge >= 0.3 is 0 Å². The molecule has 1 N–H and O–H groups in total. The number of nitrogens with zero attached hydrogens (tertiary/aromatic N) is 5. The van der Waals surface area contributed by atoms with Crippen molar-refractivity contribution in [3.63, 3.8) is 0 Å². The van der Waals surface area contributed by atoms with Crippen LogP contribution >= 0.6 is 0 Å². The zero-order chi connectivity index (χ0) is 23.7. The summed E-state index contributed by atoms with van der Waals surface area (Å²) in [4.78, 5) is 21.8. The Kier molecular flexibility index (Phi) is 5.75. The second-order valence-corrected chi connectivity index (χ2v) is 8.44. The molecule has 3 heterocycles. The van der Waals surface area contributed by atoms with Crippen molar-refractivity contribution in [3.8, 4) is 23.1 Å². The number of carbonyl (C=O) groups excluding carboxylic acids is 1. The van der Waals surface area contributed by atoms with Gasteiger partial charge in [0.05, 0.1) is 5.56 Å². The molecule has 5 rings (SSSR count). The summed E-state index contributed by atoms with van der Waals surface area (Å²) in [7, 11) is 0. The molecule has 1 aliphatic carbocycles. The van der Waals surface area contributed by atoms with E-state index >= 15 is 0 Å². The summed E-state index contributed by atoms with van der Waals surface area (Å²) in [5.74, 6) is 0.747. The van der Waals surface area contributed by atoms with Crippen molar-refractivity contribution in [1.82, 2.24) is 24.7 Å². The fourth-order valence-corrected chi connectivity index (χ4v) is 3.57. The highest BCUT2D eigenvalue weighted by molar-refractivity contribution is 6.04. The topological polar surface area (TPSA) is 94.8 Å². The Balaban J connectivity index is 1.35. The maximum Gasteiger partial charge on any atom is 0.259 e. The van der Waals surface area contributed by atoms with Crippen molar-refractivity contribution >= 4 is 11.7 Å². The van der Waals surface area contributed by atoms with Crippen LogP contribution in [0.25, 0.3) is 11.5 Å². The number of hydrogen-bond acceptors (Lipinski definition) is 6. The summed E-state index contributed by atoms with van der Waals surface area (Å²) in [6.45, 7) is 4.02. The molecule has 0 atom stereocenters. The smallest absolute Gasteiger partial charge is 0.259 e. The van der Waals surface area contributed by atoms with Crippen LogP contribution in [0.4, 0.5) is 10.2 Å². The van der Waals surface area contributed by atoms with Gasteiger partial charge < -0.3 is 14.6 Å². The van der Waals surface area contributed by atoms with Gasteiger partial charge in [-0.05, 0) is 63.1 Å². The summed E-state index contributed by atoms with van der Waals surface area (Å²) < 4.78 is 22.2. The highest BCUT2D eigenvalue weighted by Crippen LogP contribution is 2.39. The zero-order valence-electron chi connectivity index (χ0n) is 18.8. The Bertz CT molecular complexity index is 1350. The first kappa shape index (κ1) is 21.7. The van der Waals surface area contributed by atoms with Crippen molar-refractivity contribution in [2.24, 2.45) is 0 Å². The Morgan fingerprint density at radius 1 is 1.12 bits per heavy atom. The molecule has 0 saturated heterocycles. The minimum absolute atomic E-state index is 0.140. The SMILES string of the molecule is CC(C)n1cnnc1-c1cccc(NC(=O)c2cc(Oc3cccc(C4CC4)n3)ccc2F)n1. The molecule has 9 heteroatoms. The maximum atomic E-state index is 14.5. The van der Waals surface area contributed by atoms with Gasteiger partial charge in [0, 0.05) is 23.7 Å². The number of ether oxygens (including phenoxy) is 1. The maximum absolute atomic E-state index is 14.5. The van der Waals surface area contributed by atoms with E-state index in [1.165, 1.54) is 18.2 Å². The first-order chi connectivity index (χ1) is 16.5. The average molecular weight is 458 g/mol. The van der Waals surface area contributed by atoms with Gasteiger partial charge in [0.15, 0.2) is 5.82 Å². The predicted molar refractivity (Wildman–Crippen MR) is 124 cm³/mol. The molecular formula is C25H23FN6O2. The lowest BCUT2D eigenvalue weighted by molar-refractivity contribution is 0.102. The van der Waals surface area contributed by atoms with E-state index in [2.05, 4.69) is 25.5 Å². The molecule has 0 radical (unpaired) electrons. The minimum atomic E-state index is -0.666. The largest absolute Gasteiger partial charge is 0.439 e. The lowest BCUT2D eigenvalue weighted by Crippen LogP contribution is -2.15. The number of nitrogens with one attached hydrogen (secondary N) is 1. The molecule has 0 spiro atoms. The molecular weight excluding hydrogens is 435 g/mol. The minimum Gasteiger partial charge on any atom is -0.439 e. The van der Waals surface area contributed by atoms with E-state index in [-0.39, 0.29) is 17.4 Å². The second kappa shape index (κ2) is 9.01. The molecule has 1 aromatic carbocycles. The molecule has 1 amide bonds.